The number of methoxy groups -OCH3 is 1. The molecule has 1 heterocycles. The fourth-order valence-corrected chi connectivity index (χ4v) is 3.55. The standard InChI is InChI=1S/C15H23N3O4S/c1-16(2)23(20,21)18-9-7-17(8-10-18)15(19)12-13-5-4-6-14(11-13)22-3/h4-6,11H,7-10,12H2,1-3H3. The summed E-state index contributed by atoms with van der Waals surface area (Å²) in [7, 11) is 1.20. The molecule has 1 saturated heterocycles. The Morgan fingerprint density at radius 3 is 2.43 bits per heavy atom. The van der Waals surface area contributed by atoms with E-state index in [1.165, 1.54) is 22.7 Å². The van der Waals surface area contributed by atoms with Crippen molar-refractivity contribution in [2.75, 3.05) is 47.4 Å². The molecular weight excluding hydrogens is 318 g/mol. The van der Waals surface area contributed by atoms with Gasteiger partial charge in [0, 0.05) is 40.3 Å². The molecule has 0 aromatic heterocycles. The summed E-state index contributed by atoms with van der Waals surface area (Å²) < 4.78 is 31.9. The maximum absolute atomic E-state index is 12.4. The number of nitrogens with zero attached hydrogens (tertiary/aromatic N) is 3. The van der Waals surface area contributed by atoms with Crippen molar-refractivity contribution in [1.82, 2.24) is 13.5 Å². The van der Waals surface area contributed by atoms with Gasteiger partial charge in [0.25, 0.3) is 10.2 Å². The third-order valence-electron chi connectivity index (χ3n) is 3.87. The first-order valence-electron chi connectivity index (χ1n) is 7.43. The maximum atomic E-state index is 12.4. The molecule has 0 N–H and O–H groups in total. The molecule has 1 aliphatic rings. The molecule has 1 amide bonds. The predicted molar refractivity (Wildman–Crippen MR) is 87.5 cm³/mol. The van der Waals surface area contributed by atoms with Crippen LogP contribution in [0.25, 0.3) is 0 Å². The van der Waals surface area contributed by atoms with Gasteiger partial charge in [-0.05, 0) is 17.7 Å². The Hall–Kier alpha value is -1.64. The Kier molecular flexibility index (Phi) is 5.61. The van der Waals surface area contributed by atoms with E-state index in [-0.39, 0.29) is 12.3 Å². The van der Waals surface area contributed by atoms with Gasteiger partial charge in [-0.3, -0.25) is 4.79 Å². The minimum Gasteiger partial charge on any atom is -0.497 e. The van der Waals surface area contributed by atoms with Gasteiger partial charge in [-0.25, -0.2) is 0 Å². The van der Waals surface area contributed by atoms with Crippen LogP contribution in [0, 0.1) is 0 Å². The van der Waals surface area contributed by atoms with E-state index in [1.807, 2.05) is 24.3 Å². The molecule has 0 spiro atoms. The van der Waals surface area contributed by atoms with Gasteiger partial charge in [0.2, 0.25) is 5.91 Å². The number of rotatable bonds is 5. The molecule has 0 radical (unpaired) electrons. The lowest BCUT2D eigenvalue weighted by molar-refractivity contribution is -0.131. The van der Waals surface area contributed by atoms with Gasteiger partial charge < -0.3 is 9.64 Å². The zero-order valence-electron chi connectivity index (χ0n) is 13.7. The lowest BCUT2D eigenvalue weighted by Gasteiger charge is -2.35. The molecule has 2 rings (SSSR count). The Bertz CT molecular complexity index is 652. The summed E-state index contributed by atoms with van der Waals surface area (Å²) in [6.07, 6.45) is 0.289. The lowest BCUT2D eigenvalue weighted by Crippen LogP contribution is -2.53. The third-order valence-corrected chi connectivity index (χ3v) is 5.81. The third kappa shape index (κ3) is 4.21. The first kappa shape index (κ1) is 17.7. The van der Waals surface area contributed by atoms with Crippen LogP contribution in [0.3, 0.4) is 0 Å². The van der Waals surface area contributed by atoms with Gasteiger partial charge in [0.15, 0.2) is 0 Å². The molecule has 0 atom stereocenters. The van der Waals surface area contributed by atoms with Crippen molar-refractivity contribution < 1.29 is 17.9 Å². The Morgan fingerprint density at radius 1 is 1.22 bits per heavy atom. The average Bonchev–Trinajstić information content (AvgIpc) is 2.55. The van der Waals surface area contributed by atoms with Gasteiger partial charge in [-0.15, -0.1) is 0 Å². The quantitative estimate of drug-likeness (QED) is 0.766. The molecule has 7 nitrogen and oxygen atoms in total. The summed E-state index contributed by atoms with van der Waals surface area (Å²) in [5.41, 5.74) is 0.887. The molecule has 0 aliphatic carbocycles. The summed E-state index contributed by atoms with van der Waals surface area (Å²) in [6.45, 7) is 1.47. The van der Waals surface area contributed by atoms with Crippen LogP contribution >= 0.6 is 0 Å². The molecule has 8 heteroatoms. The van der Waals surface area contributed by atoms with E-state index in [0.717, 1.165) is 11.3 Å². The highest BCUT2D eigenvalue weighted by atomic mass is 32.2. The highest BCUT2D eigenvalue weighted by Gasteiger charge is 2.30. The lowest BCUT2D eigenvalue weighted by atomic mass is 10.1. The minimum atomic E-state index is -3.40. The van der Waals surface area contributed by atoms with Crippen molar-refractivity contribution in [3.63, 3.8) is 0 Å². The smallest absolute Gasteiger partial charge is 0.281 e. The highest BCUT2D eigenvalue weighted by Crippen LogP contribution is 2.15. The van der Waals surface area contributed by atoms with E-state index < -0.39 is 10.2 Å². The van der Waals surface area contributed by atoms with Crippen molar-refractivity contribution >= 4 is 16.1 Å². The van der Waals surface area contributed by atoms with Crippen LogP contribution in [0.1, 0.15) is 5.56 Å². The van der Waals surface area contributed by atoms with E-state index in [0.29, 0.717) is 26.2 Å². The largest absolute Gasteiger partial charge is 0.497 e. The number of piperazine rings is 1. The number of carbonyl (C=O) groups is 1. The number of hydrogen-bond acceptors (Lipinski definition) is 4. The summed E-state index contributed by atoms with van der Waals surface area (Å²) in [5, 5.41) is 0. The number of hydrogen-bond donors (Lipinski definition) is 0. The van der Waals surface area contributed by atoms with Crippen molar-refractivity contribution in [1.29, 1.82) is 0 Å². The van der Waals surface area contributed by atoms with Crippen molar-refractivity contribution in [2.24, 2.45) is 0 Å². The Balaban J connectivity index is 1.93. The molecule has 1 fully saturated rings. The second-order valence-corrected chi connectivity index (χ2v) is 7.74. The van der Waals surface area contributed by atoms with Crippen LogP contribution in [-0.2, 0) is 21.4 Å². The van der Waals surface area contributed by atoms with E-state index >= 15 is 0 Å². The number of benzene rings is 1. The monoisotopic (exact) mass is 341 g/mol. The number of carbonyl (C=O) groups excluding carboxylic acids is 1. The van der Waals surface area contributed by atoms with Crippen molar-refractivity contribution in [3.8, 4) is 5.75 Å². The zero-order chi connectivity index (χ0) is 17.0. The number of amides is 1. The van der Waals surface area contributed by atoms with Crippen LogP contribution in [-0.4, -0.2) is 75.2 Å². The fraction of sp³-hybridized carbons (Fsp3) is 0.533. The molecule has 1 aliphatic heterocycles. The van der Waals surface area contributed by atoms with E-state index in [2.05, 4.69) is 0 Å². The van der Waals surface area contributed by atoms with E-state index in [1.54, 1.807) is 12.0 Å². The summed E-state index contributed by atoms with van der Waals surface area (Å²) in [5.74, 6) is 0.720. The molecule has 128 valence electrons. The average molecular weight is 341 g/mol. The second-order valence-electron chi connectivity index (χ2n) is 5.60. The fourth-order valence-electron chi connectivity index (χ4n) is 2.47. The van der Waals surface area contributed by atoms with Crippen molar-refractivity contribution in [3.05, 3.63) is 29.8 Å². The SMILES string of the molecule is COc1cccc(CC(=O)N2CCN(S(=O)(=O)N(C)C)CC2)c1. The van der Waals surface area contributed by atoms with E-state index in [9.17, 15) is 13.2 Å². The van der Waals surface area contributed by atoms with Gasteiger partial charge in [-0.2, -0.15) is 17.0 Å². The first-order chi connectivity index (χ1) is 10.8. The summed E-state index contributed by atoms with van der Waals surface area (Å²) in [4.78, 5) is 14.1. The Morgan fingerprint density at radius 2 is 1.87 bits per heavy atom. The molecule has 23 heavy (non-hydrogen) atoms. The van der Waals surface area contributed by atoms with Crippen LogP contribution in [0.2, 0.25) is 0 Å². The van der Waals surface area contributed by atoms with Gasteiger partial charge in [0.1, 0.15) is 5.75 Å². The van der Waals surface area contributed by atoms with Gasteiger partial charge in [0.05, 0.1) is 13.5 Å². The summed E-state index contributed by atoms with van der Waals surface area (Å²) >= 11 is 0. The van der Waals surface area contributed by atoms with E-state index in [4.69, 9.17) is 4.74 Å². The topological polar surface area (TPSA) is 70.2 Å². The minimum absolute atomic E-state index is 0.000143. The van der Waals surface area contributed by atoms with Crippen LogP contribution < -0.4 is 4.74 Å². The van der Waals surface area contributed by atoms with Crippen LogP contribution in [0.5, 0.6) is 5.75 Å². The molecular formula is C15H23N3O4S. The molecule has 0 saturated carbocycles. The maximum Gasteiger partial charge on any atom is 0.281 e. The van der Waals surface area contributed by atoms with Gasteiger partial charge >= 0.3 is 0 Å². The molecule has 1 aromatic rings. The van der Waals surface area contributed by atoms with Crippen LogP contribution in [0.4, 0.5) is 0 Å². The normalized spacial score (nSPS) is 16.6. The molecule has 1 aromatic carbocycles. The predicted octanol–water partition coefficient (Wildman–Crippen LogP) is 0.188. The highest BCUT2D eigenvalue weighted by molar-refractivity contribution is 7.86. The molecule has 0 unspecified atom stereocenters. The summed E-state index contributed by atoms with van der Waals surface area (Å²) in [6, 6.07) is 7.40. The zero-order valence-corrected chi connectivity index (χ0v) is 14.5. The van der Waals surface area contributed by atoms with Gasteiger partial charge in [-0.1, -0.05) is 12.1 Å². The number of ether oxygens (including phenoxy) is 1. The second kappa shape index (κ2) is 7.29. The molecule has 0 bridgehead atoms. The van der Waals surface area contributed by atoms with Crippen molar-refractivity contribution in [2.45, 2.75) is 6.42 Å². The Labute approximate surface area is 137 Å². The first-order valence-corrected chi connectivity index (χ1v) is 8.82. The van der Waals surface area contributed by atoms with Crippen LogP contribution in [0.15, 0.2) is 24.3 Å².